The highest BCUT2D eigenvalue weighted by Gasteiger charge is 2.34. The summed E-state index contributed by atoms with van der Waals surface area (Å²) in [5.74, 6) is -1.33. The minimum absolute atomic E-state index is 0.273. The maximum atomic E-state index is 11.9. The largest absolute Gasteiger partial charge is 0.464 e. The van der Waals surface area contributed by atoms with Gasteiger partial charge in [0.2, 0.25) is 5.91 Å². The molecule has 1 fully saturated rings. The molecule has 2 atom stereocenters. The van der Waals surface area contributed by atoms with Gasteiger partial charge >= 0.3 is 5.97 Å². The molecule has 0 spiro atoms. The number of piperidine rings is 1. The maximum Gasteiger partial charge on any atom is 0.328 e. The topological polar surface area (TPSA) is 70.4 Å². The lowest BCUT2D eigenvalue weighted by Gasteiger charge is -2.34. The van der Waals surface area contributed by atoms with E-state index in [2.05, 4.69) is 0 Å². The average Bonchev–Trinajstić information content (AvgIpc) is 2.37. The number of hydrogen-bond acceptors (Lipinski definition) is 4. The maximum absolute atomic E-state index is 11.9. The first-order valence-electron chi connectivity index (χ1n) is 5.98. The molecule has 1 rings (SSSR count). The Hall–Kier alpha value is -1.57. The van der Waals surface area contributed by atoms with Crippen molar-refractivity contribution >= 4 is 11.9 Å². The van der Waals surface area contributed by atoms with E-state index in [1.54, 1.807) is 13.8 Å². The zero-order chi connectivity index (χ0) is 12.8. The van der Waals surface area contributed by atoms with Crippen LogP contribution in [0.4, 0.5) is 0 Å². The summed E-state index contributed by atoms with van der Waals surface area (Å²) in [5, 5.41) is 8.75. The Morgan fingerprint density at radius 3 is 2.82 bits per heavy atom. The van der Waals surface area contributed by atoms with Gasteiger partial charge in [-0.05, 0) is 33.1 Å². The Balaban J connectivity index is 2.76. The highest BCUT2D eigenvalue weighted by molar-refractivity contribution is 5.87. The molecular formula is C12H18N2O3. The van der Waals surface area contributed by atoms with E-state index in [1.807, 2.05) is 6.07 Å². The Morgan fingerprint density at radius 2 is 2.24 bits per heavy atom. The van der Waals surface area contributed by atoms with E-state index < -0.39 is 12.0 Å². The van der Waals surface area contributed by atoms with Crippen molar-refractivity contribution in [2.75, 3.05) is 13.2 Å². The highest BCUT2D eigenvalue weighted by Crippen LogP contribution is 2.20. The van der Waals surface area contributed by atoms with Crippen LogP contribution >= 0.6 is 0 Å². The van der Waals surface area contributed by atoms with E-state index >= 15 is 0 Å². The smallest absolute Gasteiger partial charge is 0.328 e. The predicted molar refractivity (Wildman–Crippen MR) is 60.8 cm³/mol. The van der Waals surface area contributed by atoms with Crippen LogP contribution in [0.3, 0.4) is 0 Å². The second-order valence-electron chi connectivity index (χ2n) is 4.15. The molecule has 0 saturated carbocycles. The fourth-order valence-corrected chi connectivity index (χ4v) is 1.98. The summed E-state index contributed by atoms with van der Waals surface area (Å²) < 4.78 is 4.96. The molecule has 0 aliphatic carbocycles. The van der Waals surface area contributed by atoms with Crippen molar-refractivity contribution in [3.63, 3.8) is 0 Å². The number of carbonyl (C=O) groups is 2. The standard InChI is InChI=1S/C12H18N2O3/c1-3-17-12(16)10-6-4-5-7-14(10)11(15)9(2)8-13/h9-10H,3-7H2,1-2H3. The monoisotopic (exact) mass is 238 g/mol. The van der Waals surface area contributed by atoms with Crippen LogP contribution in [0, 0.1) is 17.2 Å². The minimum Gasteiger partial charge on any atom is -0.464 e. The van der Waals surface area contributed by atoms with Crippen molar-refractivity contribution in [3.8, 4) is 6.07 Å². The highest BCUT2D eigenvalue weighted by atomic mass is 16.5. The molecule has 0 N–H and O–H groups in total. The molecule has 94 valence electrons. The number of amides is 1. The first-order valence-corrected chi connectivity index (χ1v) is 5.98. The van der Waals surface area contributed by atoms with E-state index in [0.717, 1.165) is 12.8 Å². The fraction of sp³-hybridized carbons (Fsp3) is 0.750. The van der Waals surface area contributed by atoms with E-state index in [0.29, 0.717) is 19.6 Å². The zero-order valence-corrected chi connectivity index (χ0v) is 10.3. The van der Waals surface area contributed by atoms with Crippen molar-refractivity contribution < 1.29 is 14.3 Å². The fourth-order valence-electron chi connectivity index (χ4n) is 1.98. The van der Waals surface area contributed by atoms with E-state index in [4.69, 9.17) is 10.00 Å². The summed E-state index contributed by atoms with van der Waals surface area (Å²) in [7, 11) is 0. The molecule has 5 heteroatoms. The molecule has 5 nitrogen and oxygen atoms in total. The number of nitrogens with zero attached hydrogens (tertiary/aromatic N) is 2. The molecule has 1 aliphatic heterocycles. The molecule has 1 amide bonds. The van der Waals surface area contributed by atoms with Crippen LogP contribution in [-0.4, -0.2) is 36.0 Å². The van der Waals surface area contributed by atoms with Crippen LogP contribution in [0.1, 0.15) is 33.1 Å². The first-order chi connectivity index (χ1) is 8.11. The van der Waals surface area contributed by atoms with Gasteiger partial charge in [-0.15, -0.1) is 0 Å². The molecule has 17 heavy (non-hydrogen) atoms. The lowest BCUT2D eigenvalue weighted by Crippen LogP contribution is -2.50. The molecule has 1 saturated heterocycles. The lowest BCUT2D eigenvalue weighted by molar-refractivity contribution is -0.157. The number of rotatable bonds is 3. The van der Waals surface area contributed by atoms with Gasteiger partial charge < -0.3 is 9.64 Å². The molecule has 0 radical (unpaired) electrons. The van der Waals surface area contributed by atoms with Crippen molar-refractivity contribution in [1.82, 2.24) is 4.90 Å². The normalized spacial score (nSPS) is 21.5. The van der Waals surface area contributed by atoms with Crippen molar-refractivity contribution in [2.45, 2.75) is 39.2 Å². The Bertz CT molecular complexity index is 335. The minimum atomic E-state index is -0.704. The second-order valence-corrected chi connectivity index (χ2v) is 4.15. The number of likely N-dealkylation sites (tertiary alicyclic amines) is 1. The molecule has 1 aliphatic rings. The van der Waals surface area contributed by atoms with Gasteiger partial charge in [-0.1, -0.05) is 0 Å². The van der Waals surface area contributed by atoms with Crippen LogP contribution in [-0.2, 0) is 14.3 Å². The van der Waals surface area contributed by atoms with Crippen LogP contribution in [0.2, 0.25) is 0 Å². The summed E-state index contributed by atoms with van der Waals surface area (Å²) in [4.78, 5) is 25.2. The number of hydrogen-bond donors (Lipinski definition) is 0. The van der Waals surface area contributed by atoms with Gasteiger partial charge in [0.15, 0.2) is 0 Å². The Kier molecular flexibility index (Phi) is 4.95. The summed E-state index contributed by atoms with van der Waals surface area (Å²) >= 11 is 0. The van der Waals surface area contributed by atoms with Gasteiger partial charge in [-0.2, -0.15) is 5.26 Å². The quantitative estimate of drug-likeness (QED) is 0.690. The van der Waals surface area contributed by atoms with Crippen LogP contribution in [0.15, 0.2) is 0 Å². The molecule has 0 bridgehead atoms. The van der Waals surface area contributed by atoms with Gasteiger partial charge in [0.05, 0.1) is 12.7 Å². The number of ether oxygens (including phenoxy) is 1. The van der Waals surface area contributed by atoms with Gasteiger partial charge in [0.25, 0.3) is 0 Å². The lowest BCUT2D eigenvalue weighted by atomic mass is 10.00. The van der Waals surface area contributed by atoms with Crippen LogP contribution in [0.5, 0.6) is 0 Å². The number of esters is 1. The van der Waals surface area contributed by atoms with Crippen LogP contribution < -0.4 is 0 Å². The van der Waals surface area contributed by atoms with Gasteiger partial charge in [-0.25, -0.2) is 4.79 Å². The van der Waals surface area contributed by atoms with Crippen LogP contribution in [0.25, 0.3) is 0 Å². The molecule has 0 aromatic heterocycles. The Labute approximate surface area is 101 Å². The summed E-state index contributed by atoms with van der Waals surface area (Å²) in [6.07, 6.45) is 2.41. The van der Waals surface area contributed by atoms with Crippen molar-refractivity contribution in [2.24, 2.45) is 5.92 Å². The number of carbonyl (C=O) groups excluding carboxylic acids is 2. The summed E-state index contributed by atoms with van der Waals surface area (Å²) in [6, 6.07) is 1.40. The van der Waals surface area contributed by atoms with Gasteiger partial charge in [-0.3, -0.25) is 4.79 Å². The molecule has 0 aromatic rings. The predicted octanol–water partition coefficient (Wildman–Crippen LogP) is 1.09. The van der Waals surface area contributed by atoms with Gasteiger partial charge in [0, 0.05) is 6.54 Å². The van der Waals surface area contributed by atoms with Crippen molar-refractivity contribution in [1.29, 1.82) is 5.26 Å². The van der Waals surface area contributed by atoms with Gasteiger partial charge in [0.1, 0.15) is 12.0 Å². The Morgan fingerprint density at radius 1 is 1.53 bits per heavy atom. The zero-order valence-electron chi connectivity index (χ0n) is 10.3. The molecule has 2 unspecified atom stereocenters. The SMILES string of the molecule is CCOC(=O)C1CCCCN1C(=O)C(C)C#N. The second kappa shape index (κ2) is 6.24. The first kappa shape index (κ1) is 13.5. The van der Waals surface area contributed by atoms with Crippen molar-refractivity contribution in [3.05, 3.63) is 0 Å². The van der Waals surface area contributed by atoms with E-state index in [1.165, 1.54) is 4.90 Å². The third kappa shape index (κ3) is 3.19. The number of nitriles is 1. The third-order valence-corrected chi connectivity index (χ3v) is 2.91. The molecular weight excluding hydrogens is 220 g/mol. The summed E-state index contributed by atoms with van der Waals surface area (Å²) in [5.41, 5.74) is 0. The molecule has 1 heterocycles. The van der Waals surface area contributed by atoms with E-state index in [-0.39, 0.29) is 11.9 Å². The van der Waals surface area contributed by atoms with E-state index in [9.17, 15) is 9.59 Å². The average molecular weight is 238 g/mol. The third-order valence-electron chi connectivity index (χ3n) is 2.91. The molecule has 0 aromatic carbocycles. The summed E-state index contributed by atoms with van der Waals surface area (Å²) in [6.45, 7) is 4.14.